The van der Waals surface area contributed by atoms with Gasteiger partial charge in [-0.15, -0.1) is 0 Å². The molecule has 1 aliphatic carbocycles. The number of benzene rings is 1. The van der Waals surface area contributed by atoms with E-state index in [1.807, 2.05) is 12.1 Å². The SMILES string of the molecule is COc1cc2nc(C3CC3)nc(NN)c2cc1OC. The molecule has 0 aliphatic heterocycles. The van der Waals surface area contributed by atoms with Gasteiger partial charge in [-0.1, -0.05) is 0 Å². The number of nitrogen functional groups attached to an aromatic ring is 1. The second-order valence-electron chi connectivity index (χ2n) is 4.57. The average Bonchev–Trinajstić information content (AvgIpc) is 3.29. The van der Waals surface area contributed by atoms with Crippen LogP contribution in [-0.4, -0.2) is 24.2 Å². The van der Waals surface area contributed by atoms with Gasteiger partial charge in [-0.25, -0.2) is 15.8 Å². The molecule has 0 unspecified atom stereocenters. The molecular formula is C13H16N4O2. The summed E-state index contributed by atoms with van der Waals surface area (Å²) in [6.45, 7) is 0. The Hall–Kier alpha value is -2.08. The lowest BCUT2D eigenvalue weighted by Gasteiger charge is -2.12. The smallest absolute Gasteiger partial charge is 0.162 e. The molecule has 1 saturated carbocycles. The van der Waals surface area contributed by atoms with Gasteiger partial charge in [0.2, 0.25) is 0 Å². The maximum atomic E-state index is 5.56. The van der Waals surface area contributed by atoms with Crippen molar-refractivity contribution in [2.75, 3.05) is 19.6 Å². The quantitative estimate of drug-likeness (QED) is 0.644. The number of nitrogens with one attached hydrogen (secondary N) is 1. The third-order valence-corrected chi connectivity index (χ3v) is 3.30. The van der Waals surface area contributed by atoms with Gasteiger partial charge >= 0.3 is 0 Å². The molecule has 0 spiro atoms. The Balaban J connectivity index is 2.23. The average molecular weight is 260 g/mol. The summed E-state index contributed by atoms with van der Waals surface area (Å²) >= 11 is 0. The molecule has 0 bridgehead atoms. The monoisotopic (exact) mass is 260 g/mol. The minimum atomic E-state index is 0.463. The first-order valence-electron chi connectivity index (χ1n) is 6.17. The molecule has 2 aromatic rings. The van der Waals surface area contributed by atoms with E-state index in [0.717, 1.165) is 29.6 Å². The van der Waals surface area contributed by atoms with Crippen molar-refractivity contribution in [1.29, 1.82) is 0 Å². The molecule has 0 amide bonds. The summed E-state index contributed by atoms with van der Waals surface area (Å²) in [4.78, 5) is 9.06. The number of hydrazine groups is 1. The first-order valence-corrected chi connectivity index (χ1v) is 6.17. The number of hydrogen-bond donors (Lipinski definition) is 2. The Bertz CT molecular complexity index is 626. The van der Waals surface area contributed by atoms with Crippen molar-refractivity contribution in [1.82, 2.24) is 9.97 Å². The molecule has 1 aromatic heterocycles. The van der Waals surface area contributed by atoms with Gasteiger partial charge in [-0.2, -0.15) is 0 Å². The van der Waals surface area contributed by atoms with Crippen molar-refractivity contribution in [3.63, 3.8) is 0 Å². The van der Waals surface area contributed by atoms with Crippen molar-refractivity contribution in [3.05, 3.63) is 18.0 Å². The van der Waals surface area contributed by atoms with Gasteiger partial charge in [0, 0.05) is 17.4 Å². The summed E-state index contributed by atoms with van der Waals surface area (Å²) in [5.74, 6) is 8.76. The van der Waals surface area contributed by atoms with E-state index in [9.17, 15) is 0 Å². The number of aromatic nitrogens is 2. The molecule has 19 heavy (non-hydrogen) atoms. The third kappa shape index (κ3) is 2.04. The number of ether oxygens (including phenoxy) is 2. The topological polar surface area (TPSA) is 82.3 Å². The summed E-state index contributed by atoms with van der Waals surface area (Å²) in [5.41, 5.74) is 3.44. The fourth-order valence-corrected chi connectivity index (χ4v) is 2.11. The zero-order chi connectivity index (χ0) is 13.4. The number of nitrogens with zero attached hydrogens (tertiary/aromatic N) is 2. The molecule has 6 heteroatoms. The van der Waals surface area contributed by atoms with Gasteiger partial charge < -0.3 is 14.9 Å². The van der Waals surface area contributed by atoms with Crippen LogP contribution in [0.25, 0.3) is 10.9 Å². The Labute approximate surface area is 110 Å². The second kappa shape index (κ2) is 4.55. The van der Waals surface area contributed by atoms with E-state index in [1.54, 1.807) is 14.2 Å². The first kappa shape index (κ1) is 12.0. The molecular weight excluding hydrogens is 244 g/mol. The van der Waals surface area contributed by atoms with E-state index in [2.05, 4.69) is 15.4 Å². The predicted molar refractivity (Wildman–Crippen MR) is 72.4 cm³/mol. The predicted octanol–water partition coefficient (Wildman–Crippen LogP) is 1.81. The molecule has 1 fully saturated rings. The fourth-order valence-electron chi connectivity index (χ4n) is 2.11. The van der Waals surface area contributed by atoms with E-state index in [0.29, 0.717) is 23.2 Å². The van der Waals surface area contributed by atoms with Crippen LogP contribution in [0.15, 0.2) is 12.1 Å². The van der Waals surface area contributed by atoms with Crippen LogP contribution < -0.4 is 20.7 Å². The van der Waals surface area contributed by atoms with Gasteiger partial charge in [0.25, 0.3) is 0 Å². The van der Waals surface area contributed by atoms with E-state index in [4.69, 9.17) is 15.3 Å². The van der Waals surface area contributed by atoms with Gasteiger partial charge in [0.1, 0.15) is 5.82 Å². The van der Waals surface area contributed by atoms with Gasteiger partial charge in [-0.3, -0.25) is 0 Å². The minimum absolute atomic E-state index is 0.463. The summed E-state index contributed by atoms with van der Waals surface area (Å²) in [6, 6.07) is 3.68. The van der Waals surface area contributed by atoms with E-state index in [-0.39, 0.29) is 0 Å². The van der Waals surface area contributed by atoms with Gasteiger partial charge in [0.15, 0.2) is 17.3 Å². The van der Waals surface area contributed by atoms with E-state index >= 15 is 0 Å². The van der Waals surface area contributed by atoms with Gasteiger partial charge in [-0.05, 0) is 18.9 Å². The van der Waals surface area contributed by atoms with Crippen LogP contribution in [0, 0.1) is 0 Å². The summed E-state index contributed by atoms with van der Waals surface area (Å²) in [6.07, 6.45) is 2.28. The molecule has 1 aromatic carbocycles. The zero-order valence-corrected chi connectivity index (χ0v) is 10.9. The van der Waals surface area contributed by atoms with Crippen molar-refractivity contribution in [2.45, 2.75) is 18.8 Å². The van der Waals surface area contributed by atoms with E-state index < -0.39 is 0 Å². The lowest BCUT2D eigenvalue weighted by Crippen LogP contribution is -2.11. The number of rotatable bonds is 4. The highest BCUT2D eigenvalue weighted by atomic mass is 16.5. The molecule has 6 nitrogen and oxygen atoms in total. The zero-order valence-electron chi connectivity index (χ0n) is 10.9. The second-order valence-corrected chi connectivity index (χ2v) is 4.57. The molecule has 0 saturated heterocycles. The van der Waals surface area contributed by atoms with Crippen LogP contribution >= 0.6 is 0 Å². The fraction of sp³-hybridized carbons (Fsp3) is 0.385. The summed E-state index contributed by atoms with van der Waals surface area (Å²) in [5, 5.41) is 0.824. The lowest BCUT2D eigenvalue weighted by molar-refractivity contribution is 0.356. The Morgan fingerprint density at radius 2 is 1.84 bits per heavy atom. The van der Waals surface area contributed by atoms with Crippen LogP contribution in [0.2, 0.25) is 0 Å². The normalized spacial score (nSPS) is 14.5. The Morgan fingerprint density at radius 1 is 1.16 bits per heavy atom. The standard InChI is InChI=1S/C13H16N4O2/c1-18-10-5-8-9(6-11(10)19-2)15-12(7-3-4-7)16-13(8)17-14/h5-7H,3-4,14H2,1-2H3,(H,15,16,17). The summed E-state index contributed by atoms with van der Waals surface area (Å²) in [7, 11) is 3.20. The number of hydrogen-bond acceptors (Lipinski definition) is 6. The summed E-state index contributed by atoms with van der Waals surface area (Å²) < 4.78 is 10.6. The van der Waals surface area contributed by atoms with Crippen molar-refractivity contribution >= 4 is 16.7 Å². The van der Waals surface area contributed by atoms with Gasteiger partial charge in [0.05, 0.1) is 19.7 Å². The third-order valence-electron chi connectivity index (χ3n) is 3.30. The number of methoxy groups -OCH3 is 2. The minimum Gasteiger partial charge on any atom is -0.493 e. The van der Waals surface area contributed by atoms with Crippen LogP contribution in [0.5, 0.6) is 11.5 Å². The van der Waals surface area contributed by atoms with Crippen molar-refractivity contribution < 1.29 is 9.47 Å². The van der Waals surface area contributed by atoms with Crippen LogP contribution in [0.3, 0.4) is 0 Å². The largest absolute Gasteiger partial charge is 0.493 e. The molecule has 100 valence electrons. The molecule has 3 rings (SSSR count). The van der Waals surface area contributed by atoms with Crippen LogP contribution in [-0.2, 0) is 0 Å². The van der Waals surface area contributed by atoms with Crippen molar-refractivity contribution in [2.24, 2.45) is 5.84 Å². The van der Waals surface area contributed by atoms with Crippen molar-refractivity contribution in [3.8, 4) is 11.5 Å². The van der Waals surface area contributed by atoms with E-state index in [1.165, 1.54) is 0 Å². The molecule has 1 aliphatic rings. The molecule has 0 atom stereocenters. The number of anilines is 1. The molecule has 0 radical (unpaired) electrons. The maximum absolute atomic E-state index is 5.56. The Kier molecular flexibility index (Phi) is 2.87. The molecule has 3 N–H and O–H groups in total. The highest BCUT2D eigenvalue weighted by Gasteiger charge is 2.27. The lowest BCUT2D eigenvalue weighted by atomic mass is 10.2. The number of fused-ring (bicyclic) bond motifs is 1. The number of nitrogens with two attached hydrogens (primary N) is 1. The molecule has 1 heterocycles. The highest BCUT2D eigenvalue weighted by molar-refractivity contribution is 5.91. The first-order chi connectivity index (χ1) is 9.26. The highest BCUT2D eigenvalue weighted by Crippen LogP contribution is 2.40. The van der Waals surface area contributed by atoms with Crippen LogP contribution in [0.1, 0.15) is 24.6 Å². The Morgan fingerprint density at radius 3 is 2.42 bits per heavy atom. The maximum Gasteiger partial charge on any atom is 0.162 e. The van der Waals surface area contributed by atoms with Crippen LogP contribution in [0.4, 0.5) is 5.82 Å².